The molecule has 0 atom stereocenters. The van der Waals surface area contributed by atoms with Crippen LogP contribution in [0.25, 0.3) is 11.5 Å². The molecule has 118 valence electrons. The van der Waals surface area contributed by atoms with Gasteiger partial charge in [0, 0.05) is 26.2 Å². The molecule has 1 saturated heterocycles. The van der Waals surface area contributed by atoms with Crippen molar-refractivity contribution in [3.05, 3.63) is 36.3 Å². The van der Waals surface area contributed by atoms with Crippen LogP contribution < -0.4 is 0 Å². The smallest absolute Gasteiger partial charge is 0.289 e. The fraction of sp³-hybridized carbons (Fsp3) is 0.357. The van der Waals surface area contributed by atoms with Crippen molar-refractivity contribution in [2.45, 2.75) is 0 Å². The van der Waals surface area contributed by atoms with E-state index in [1.54, 1.807) is 29.2 Å². The minimum atomic E-state index is -3.21. The zero-order chi connectivity index (χ0) is 15.7. The Morgan fingerprint density at radius 2 is 1.82 bits per heavy atom. The molecule has 1 amide bonds. The number of nitrogens with zero attached hydrogens (tertiary/aromatic N) is 2. The number of amides is 1. The largest absolute Gasteiger partial charge is 0.461 e. The van der Waals surface area contributed by atoms with Gasteiger partial charge in [0.15, 0.2) is 17.3 Å². The lowest BCUT2D eigenvalue weighted by Gasteiger charge is -2.32. The highest BCUT2D eigenvalue weighted by Crippen LogP contribution is 2.23. The first kappa shape index (κ1) is 14.9. The van der Waals surface area contributed by atoms with Crippen LogP contribution in [0, 0.1) is 0 Å². The molecule has 0 unspecified atom stereocenters. The van der Waals surface area contributed by atoms with E-state index in [1.165, 1.54) is 16.8 Å². The standard InChI is InChI=1S/C14H16N2O5S/c1-22(18,19)16-8-6-15(7-9-16)14(17)13-5-4-12(21-13)11-3-2-10-20-11/h2-5,10H,6-9H2,1H3. The minimum Gasteiger partial charge on any atom is -0.461 e. The Balaban J connectivity index is 1.68. The number of rotatable bonds is 3. The topological polar surface area (TPSA) is 84.0 Å². The first-order chi connectivity index (χ1) is 10.4. The number of hydrogen-bond acceptors (Lipinski definition) is 5. The molecule has 1 fully saturated rings. The lowest BCUT2D eigenvalue weighted by atomic mass is 10.3. The zero-order valence-corrected chi connectivity index (χ0v) is 12.9. The Morgan fingerprint density at radius 3 is 2.41 bits per heavy atom. The molecule has 7 nitrogen and oxygen atoms in total. The maximum absolute atomic E-state index is 12.4. The monoisotopic (exact) mass is 324 g/mol. The number of sulfonamides is 1. The summed E-state index contributed by atoms with van der Waals surface area (Å²) in [7, 11) is -3.21. The summed E-state index contributed by atoms with van der Waals surface area (Å²) in [5, 5.41) is 0. The van der Waals surface area contributed by atoms with Crippen molar-refractivity contribution in [1.29, 1.82) is 0 Å². The van der Waals surface area contributed by atoms with Gasteiger partial charge in [-0.2, -0.15) is 4.31 Å². The van der Waals surface area contributed by atoms with Gasteiger partial charge in [0.1, 0.15) is 0 Å². The van der Waals surface area contributed by atoms with Gasteiger partial charge >= 0.3 is 0 Å². The second-order valence-electron chi connectivity index (χ2n) is 5.10. The summed E-state index contributed by atoms with van der Waals surface area (Å²) >= 11 is 0. The van der Waals surface area contributed by atoms with E-state index in [4.69, 9.17) is 8.83 Å². The average Bonchev–Trinajstić information content (AvgIpc) is 3.16. The van der Waals surface area contributed by atoms with Crippen molar-refractivity contribution < 1.29 is 22.0 Å². The minimum absolute atomic E-state index is 0.221. The van der Waals surface area contributed by atoms with Gasteiger partial charge in [-0.25, -0.2) is 8.42 Å². The van der Waals surface area contributed by atoms with E-state index in [0.29, 0.717) is 37.7 Å². The second-order valence-corrected chi connectivity index (χ2v) is 7.08. The van der Waals surface area contributed by atoms with Crippen LogP contribution in [0.5, 0.6) is 0 Å². The van der Waals surface area contributed by atoms with Crippen LogP contribution in [-0.2, 0) is 10.0 Å². The van der Waals surface area contributed by atoms with Gasteiger partial charge in [-0.1, -0.05) is 0 Å². The van der Waals surface area contributed by atoms with E-state index in [-0.39, 0.29) is 11.7 Å². The van der Waals surface area contributed by atoms with Gasteiger partial charge in [-0.05, 0) is 24.3 Å². The third-order valence-corrected chi connectivity index (χ3v) is 4.88. The molecule has 1 aliphatic rings. The molecule has 0 radical (unpaired) electrons. The normalized spacial score (nSPS) is 16.9. The number of carbonyl (C=O) groups is 1. The van der Waals surface area contributed by atoms with Crippen molar-refractivity contribution in [1.82, 2.24) is 9.21 Å². The lowest BCUT2D eigenvalue weighted by Crippen LogP contribution is -2.50. The molecule has 0 saturated carbocycles. The molecular formula is C14H16N2O5S. The zero-order valence-electron chi connectivity index (χ0n) is 12.1. The molecular weight excluding hydrogens is 308 g/mol. The molecule has 3 heterocycles. The molecule has 2 aromatic rings. The van der Waals surface area contributed by atoms with Crippen LogP contribution in [0.1, 0.15) is 10.6 Å². The maximum Gasteiger partial charge on any atom is 0.289 e. The Labute approximate surface area is 128 Å². The SMILES string of the molecule is CS(=O)(=O)N1CCN(C(=O)c2ccc(-c3ccco3)o2)CC1. The third kappa shape index (κ3) is 2.93. The molecule has 0 aliphatic carbocycles. The van der Waals surface area contributed by atoms with E-state index in [0.717, 1.165) is 0 Å². The summed E-state index contributed by atoms with van der Waals surface area (Å²) in [6.07, 6.45) is 2.70. The van der Waals surface area contributed by atoms with Crippen LogP contribution >= 0.6 is 0 Å². The summed E-state index contributed by atoms with van der Waals surface area (Å²) in [4.78, 5) is 14.0. The van der Waals surface area contributed by atoms with Crippen molar-refractivity contribution in [3.8, 4) is 11.5 Å². The van der Waals surface area contributed by atoms with Crippen LogP contribution in [0.15, 0.2) is 39.4 Å². The number of piperazine rings is 1. The Kier molecular flexibility index (Phi) is 3.79. The Morgan fingerprint density at radius 1 is 1.09 bits per heavy atom. The molecule has 0 bridgehead atoms. The molecule has 0 N–H and O–H groups in total. The fourth-order valence-electron chi connectivity index (χ4n) is 2.38. The molecule has 3 rings (SSSR count). The Hall–Kier alpha value is -2.06. The Bertz CT molecular complexity index is 755. The quantitative estimate of drug-likeness (QED) is 0.848. The van der Waals surface area contributed by atoms with Gasteiger partial charge < -0.3 is 13.7 Å². The van der Waals surface area contributed by atoms with Gasteiger partial charge in [0.2, 0.25) is 10.0 Å². The van der Waals surface area contributed by atoms with E-state index in [2.05, 4.69) is 0 Å². The van der Waals surface area contributed by atoms with E-state index in [9.17, 15) is 13.2 Å². The van der Waals surface area contributed by atoms with Gasteiger partial charge in [0.25, 0.3) is 5.91 Å². The second kappa shape index (κ2) is 5.62. The third-order valence-electron chi connectivity index (χ3n) is 3.58. The van der Waals surface area contributed by atoms with Crippen LogP contribution in [0.4, 0.5) is 0 Å². The maximum atomic E-state index is 12.4. The first-order valence-electron chi connectivity index (χ1n) is 6.83. The molecule has 0 aromatic carbocycles. The number of hydrogen-bond donors (Lipinski definition) is 0. The van der Waals surface area contributed by atoms with Gasteiger partial charge in [0.05, 0.1) is 12.5 Å². The molecule has 0 spiro atoms. The highest BCUT2D eigenvalue weighted by Gasteiger charge is 2.28. The van der Waals surface area contributed by atoms with Crippen LogP contribution in [0.3, 0.4) is 0 Å². The van der Waals surface area contributed by atoms with E-state index in [1.807, 2.05) is 0 Å². The molecule has 8 heteroatoms. The molecule has 1 aliphatic heterocycles. The highest BCUT2D eigenvalue weighted by molar-refractivity contribution is 7.88. The number of furan rings is 2. The molecule has 2 aromatic heterocycles. The summed E-state index contributed by atoms with van der Waals surface area (Å²) in [5.74, 6) is 1.02. The predicted octanol–water partition coefficient (Wildman–Crippen LogP) is 1.26. The number of carbonyl (C=O) groups excluding carboxylic acids is 1. The van der Waals surface area contributed by atoms with Crippen LogP contribution in [0.2, 0.25) is 0 Å². The average molecular weight is 324 g/mol. The van der Waals surface area contributed by atoms with E-state index >= 15 is 0 Å². The van der Waals surface area contributed by atoms with Gasteiger partial charge in [-0.15, -0.1) is 0 Å². The van der Waals surface area contributed by atoms with Gasteiger partial charge in [-0.3, -0.25) is 4.79 Å². The predicted molar refractivity (Wildman–Crippen MR) is 78.7 cm³/mol. The molecule has 22 heavy (non-hydrogen) atoms. The summed E-state index contributed by atoms with van der Waals surface area (Å²) < 4.78 is 35.0. The lowest BCUT2D eigenvalue weighted by molar-refractivity contribution is 0.0667. The van der Waals surface area contributed by atoms with Crippen molar-refractivity contribution in [3.63, 3.8) is 0 Å². The summed E-state index contributed by atoms with van der Waals surface area (Å²) in [6.45, 7) is 1.30. The van der Waals surface area contributed by atoms with Crippen molar-refractivity contribution in [2.24, 2.45) is 0 Å². The fourth-order valence-corrected chi connectivity index (χ4v) is 3.21. The van der Waals surface area contributed by atoms with Crippen LogP contribution in [-0.4, -0.2) is 56.0 Å². The highest BCUT2D eigenvalue weighted by atomic mass is 32.2. The van der Waals surface area contributed by atoms with Crippen molar-refractivity contribution in [2.75, 3.05) is 32.4 Å². The first-order valence-corrected chi connectivity index (χ1v) is 8.68. The van der Waals surface area contributed by atoms with E-state index < -0.39 is 10.0 Å². The summed E-state index contributed by atoms with van der Waals surface area (Å²) in [6, 6.07) is 6.77. The summed E-state index contributed by atoms with van der Waals surface area (Å²) in [5.41, 5.74) is 0. The van der Waals surface area contributed by atoms with Crippen molar-refractivity contribution >= 4 is 15.9 Å².